The van der Waals surface area contributed by atoms with Crippen LogP contribution < -0.4 is 0 Å². The molecule has 108 valence electrons. The summed E-state index contributed by atoms with van der Waals surface area (Å²) in [4.78, 5) is 14.7. The van der Waals surface area contributed by atoms with Gasteiger partial charge >= 0.3 is 0 Å². The molecule has 1 N–H and O–H groups in total. The predicted molar refractivity (Wildman–Crippen MR) is 83.3 cm³/mol. The van der Waals surface area contributed by atoms with Crippen molar-refractivity contribution in [3.8, 4) is 11.3 Å². The normalized spacial score (nSPS) is 16.6. The number of aromatic nitrogens is 3. The molecule has 1 aliphatic rings. The molecular formula is C15H16N4OS. The molecule has 0 spiro atoms. The van der Waals surface area contributed by atoms with Gasteiger partial charge in [0.1, 0.15) is 10.7 Å². The minimum Gasteiger partial charge on any atom is -0.379 e. The minimum absolute atomic E-state index is 0.826. The average Bonchev–Trinajstić information content (AvgIpc) is 3.14. The van der Waals surface area contributed by atoms with Gasteiger partial charge in [-0.1, -0.05) is 0 Å². The molecule has 0 saturated carbocycles. The summed E-state index contributed by atoms with van der Waals surface area (Å²) in [7, 11) is 0. The Bertz CT molecular complexity index is 745. The minimum atomic E-state index is 0.826. The van der Waals surface area contributed by atoms with E-state index in [0.29, 0.717) is 0 Å². The van der Waals surface area contributed by atoms with Gasteiger partial charge in [0, 0.05) is 41.8 Å². The number of hydrogen-bond donors (Lipinski definition) is 1. The summed E-state index contributed by atoms with van der Waals surface area (Å²) in [6.07, 6.45) is 3.79. The van der Waals surface area contributed by atoms with Crippen LogP contribution in [-0.4, -0.2) is 46.2 Å². The van der Waals surface area contributed by atoms with Crippen LogP contribution in [0, 0.1) is 0 Å². The first-order valence-electron chi connectivity index (χ1n) is 7.07. The Balaban J connectivity index is 1.59. The van der Waals surface area contributed by atoms with Crippen LogP contribution in [0.3, 0.4) is 0 Å². The Morgan fingerprint density at radius 2 is 2.24 bits per heavy atom. The largest absolute Gasteiger partial charge is 0.379 e. The van der Waals surface area contributed by atoms with Gasteiger partial charge in [-0.05, 0) is 12.1 Å². The molecule has 4 rings (SSSR count). The molecule has 1 aliphatic heterocycles. The van der Waals surface area contributed by atoms with E-state index in [1.807, 2.05) is 12.3 Å². The fourth-order valence-electron chi connectivity index (χ4n) is 2.63. The van der Waals surface area contributed by atoms with E-state index in [2.05, 4.69) is 26.3 Å². The molecule has 0 bridgehead atoms. The second-order valence-electron chi connectivity index (χ2n) is 5.12. The van der Waals surface area contributed by atoms with Crippen LogP contribution in [0.2, 0.25) is 0 Å². The molecule has 0 radical (unpaired) electrons. The number of ether oxygens (including phenoxy) is 1. The zero-order valence-corrected chi connectivity index (χ0v) is 12.4. The summed E-state index contributed by atoms with van der Waals surface area (Å²) in [5, 5.41) is 4.41. The SMILES string of the molecule is c1cnc2[nH]cc(-c3csc(CN4CCOCC4)n3)c2c1. The number of H-pyrrole nitrogens is 1. The van der Waals surface area contributed by atoms with Gasteiger partial charge in [-0.15, -0.1) is 11.3 Å². The van der Waals surface area contributed by atoms with Crippen LogP contribution in [0.4, 0.5) is 0 Å². The molecule has 6 heteroatoms. The molecule has 0 aromatic carbocycles. The molecule has 5 nitrogen and oxygen atoms in total. The highest BCUT2D eigenvalue weighted by atomic mass is 32.1. The molecular weight excluding hydrogens is 284 g/mol. The summed E-state index contributed by atoms with van der Waals surface area (Å²) in [5.41, 5.74) is 3.07. The Morgan fingerprint density at radius 3 is 3.14 bits per heavy atom. The third kappa shape index (κ3) is 2.57. The number of nitrogens with zero attached hydrogens (tertiary/aromatic N) is 3. The number of fused-ring (bicyclic) bond motifs is 1. The van der Waals surface area contributed by atoms with Crippen LogP contribution in [0.1, 0.15) is 5.01 Å². The summed E-state index contributed by atoms with van der Waals surface area (Å²) in [5.74, 6) is 0. The van der Waals surface area contributed by atoms with Crippen LogP contribution in [0.5, 0.6) is 0 Å². The molecule has 3 aromatic heterocycles. The van der Waals surface area contributed by atoms with E-state index >= 15 is 0 Å². The third-order valence-corrected chi connectivity index (χ3v) is 4.57. The van der Waals surface area contributed by atoms with Gasteiger partial charge in [-0.25, -0.2) is 9.97 Å². The number of rotatable bonds is 3. The summed E-state index contributed by atoms with van der Waals surface area (Å²) in [6.45, 7) is 4.55. The third-order valence-electron chi connectivity index (χ3n) is 3.74. The molecule has 21 heavy (non-hydrogen) atoms. The highest BCUT2D eigenvalue weighted by Crippen LogP contribution is 2.28. The van der Waals surface area contributed by atoms with Gasteiger partial charge in [0.05, 0.1) is 25.5 Å². The van der Waals surface area contributed by atoms with E-state index in [1.165, 1.54) is 0 Å². The number of morpholine rings is 1. The first-order valence-corrected chi connectivity index (χ1v) is 7.95. The zero-order valence-electron chi connectivity index (χ0n) is 11.6. The van der Waals surface area contributed by atoms with Crippen molar-refractivity contribution in [2.24, 2.45) is 0 Å². The fraction of sp³-hybridized carbons (Fsp3) is 0.333. The van der Waals surface area contributed by atoms with Gasteiger partial charge in [0.25, 0.3) is 0 Å². The zero-order chi connectivity index (χ0) is 14.1. The van der Waals surface area contributed by atoms with Gasteiger partial charge in [0.2, 0.25) is 0 Å². The molecule has 0 unspecified atom stereocenters. The average molecular weight is 300 g/mol. The van der Waals surface area contributed by atoms with Crippen LogP contribution in [-0.2, 0) is 11.3 Å². The van der Waals surface area contributed by atoms with Gasteiger partial charge < -0.3 is 9.72 Å². The second-order valence-corrected chi connectivity index (χ2v) is 6.06. The first kappa shape index (κ1) is 12.9. The predicted octanol–water partition coefficient (Wildman–Crippen LogP) is 2.52. The van der Waals surface area contributed by atoms with Crippen molar-refractivity contribution in [1.82, 2.24) is 19.9 Å². The van der Waals surface area contributed by atoms with E-state index in [1.54, 1.807) is 17.5 Å². The van der Waals surface area contributed by atoms with Crippen molar-refractivity contribution in [3.05, 3.63) is 34.9 Å². The van der Waals surface area contributed by atoms with Crippen LogP contribution in [0.25, 0.3) is 22.3 Å². The lowest BCUT2D eigenvalue weighted by Crippen LogP contribution is -2.35. The van der Waals surface area contributed by atoms with Gasteiger partial charge in [0.15, 0.2) is 0 Å². The monoisotopic (exact) mass is 300 g/mol. The molecule has 1 fully saturated rings. The summed E-state index contributed by atoms with van der Waals surface area (Å²) >= 11 is 1.72. The highest BCUT2D eigenvalue weighted by Gasteiger charge is 2.14. The van der Waals surface area contributed by atoms with E-state index in [4.69, 9.17) is 9.72 Å². The molecule has 0 amide bonds. The maximum atomic E-state index is 5.38. The Hall–Kier alpha value is -1.76. The second kappa shape index (κ2) is 5.55. The molecule has 3 aromatic rings. The first-order chi connectivity index (χ1) is 10.4. The van der Waals surface area contributed by atoms with Gasteiger partial charge in [-0.2, -0.15) is 0 Å². The lowest BCUT2D eigenvalue weighted by atomic mass is 10.2. The molecule has 0 atom stereocenters. The Kier molecular flexibility index (Phi) is 3.42. The highest BCUT2D eigenvalue weighted by molar-refractivity contribution is 7.09. The van der Waals surface area contributed by atoms with Crippen molar-refractivity contribution < 1.29 is 4.74 Å². The van der Waals surface area contributed by atoms with Crippen LogP contribution in [0.15, 0.2) is 29.9 Å². The van der Waals surface area contributed by atoms with Crippen molar-refractivity contribution in [2.45, 2.75) is 6.54 Å². The summed E-state index contributed by atoms with van der Waals surface area (Å²) < 4.78 is 5.38. The number of pyridine rings is 1. The number of nitrogens with one attached hydrogen (secondary N) is 1. The Morgan fingerprint density at radius 1 is 1.33 bits per heavy atom. The smallest absolute Gasteiger partial charge is 0.137 e. The summed E-state index contributed by atoms with van der Waals surface area (Å²) in [6, 6.07) is 4.04. The Labute approximate surface area is 126 Å². The fourth-order valence-corrected chi connectivity index (χ4v) is 3.46. The maximum absolute atomic E-state index is 5.38. The topological polar surface area (TPSA) is 54.0 Å². The lowest BCUT2D eigenvalue weighted by molar-refractivity contribution is 0.0342. The molecule has 0 aliphatic carbocycles. The quantitative estimate of drug-likeness (QED) is 0.807. The molecule has 1 saturated heterocycles. The van der Waals surface area contributed by atoms with Gasteiger partial charge in [-0.3, -0.25) is 4.90 Å². The van der Waals surface area contributed by atoms with Crippen LogP contribution >= 0.6 is 11.3 Å². The van der Waals surface area contributed by atoms with Crippen molar-refractivity contribution in [3.63, 3.8) is 0 Å². The standard InChI is InChI=1S/C15H16N4OS/c1-2-11-12(8-17-15(11)16-3-1)13-10-21-14(18-13)9-19-4-6-20-7-5-19/h1-3,8,10H,4-7,9H2,(H,16,17). The maximum Gasteiger partial charge on any atom is 0.137 e. The van der Waals surface area contributed by atoms with E-state index in [0.717, 1.165) is 60.1 Å². The molecule has 4 heterocycles. The number of hydrogen-bond acceptors (Lipinski definition) is 5. The van der Waals surface area contributed by atoms with E-state index < -0.39 is 0 Å². The van der Waals surface area contributed by atoms with E-state index in [9.17, 15) is 0 Å². The van der Waals surface area contributed by atoms with Crippen molar-refractivity contribution >= 4 is 22.4 Å². The van der Waals surface area contributed by atoms with Crippen molar-refractivity contribution in [2.75, 3.05) is 26.3 Å². The lowest BCUT2D eigenvalue weighted by Gasteiger charge is -2.25. The number of aromatic amines is 1. The number of thiazole rings is 1. The van der Waals surface area contributed by atoms with E-state index in [-0.39, 0.29) is 0 Å². The van der Waals surface area contributed by atoms with Crippen molar-refractivity contribution in [1.29, 1.82) is 0 Å².